The lowest BCUT2D eigenvalue weighted by Gasteiger charge is -2.15. The summed E-state index contributed by atoms with van der Waals surface area (Å²) in [6.07, 6.45) is 3.08. The number of ether oxygens (including phenoxy) is 2. The number of benzene rings is 1. The van der Waals surface area contributed by atoms with Gasteiger partial charge in [0.1, 0.15) is 5.75 Å². The number of carbonyl (C=O) groups excluding carboxylic acids is 2. The summed E-state index contributed by atoms with van der Waals surface area (Å²) < 4.78 is 10.2. The van der Waals surface area contributed by atoms with E-state index in [1.54, 1.807) is 13.0 Å². The number of esters is 1. The molecular formula is C16H19ClO4. The molecular weight excluding hydrogens is 292 g/mol. The molecule has 0 fully saturated rings. The predicted octanol–water partition coefficient (Wildman–Crippen LogP) is 3.66. The molecule has 21 heavy (non-hydrogen) atoms. The zero-order chi connectivity index (χ0) is 16.0. The van der Waals surface area contributed by atoms with Crippen LogP contribution in [-0.2, 0) is 9.53 Å². The Hall–Kier alpha value is -1.81. The Balaban J connectivity index is 3.27. The summed E-state index contributed by atoms with van der Waals surface area (Å²) >= 11 is 6.14. The third-order valence-electron chi connectivity index (χ3n) is 2.93. The van der Waals surface area contributed by atoms with Gasteiger partial charge in [-0.1, -0.05) is 18.5 Å². The molecule has 1 aromatic carbocycles. The quantitative estimate of drug-likeness (QED) is 0.457. The first-order chi connectivity index (χ1) is 9.92. The number of aryl methyl sites for hydroxylation is 1. The van der Waals surface area contributed by atoms with Crippen LogP contribution in [0.5, 0.6) is 5.75 Å². The van der Waals surface area contributed by atoms with Gasteiger partial charge in [-0.25, -0.2) is 4.79 Å². The van der Waals surface area contributed by atoms with Gasteiger partial charge in [0, 0.05) is 11.1 Å². The minimum atomic E-state index is -0.587. The van der Waals surface area contributed by atoms with Gasteiger partial charge in [0.05, 0.1) is 19.3 Å². The molecule has 0 saturated heterocycles. The van der Waals surface area contributed by atoms with E-state index in [2.05, 4.69) is 4.74 Å². The van der Waals surface area contributed by atoms with Gasteiger partial charge in [-0.2, -0.15) is 0 Å². The number of allylic oxidation sites excluding steroid dienone is 1. The van der Waals surface area contributed by atoms with Crippen LogP contribution in [-0.4, -0.2) is 25.5 Å². The molecule has 0 aliphatic heterocycles. The molecule has 0 atom stereocenters. The number of rotatable bonds is 6. The maximum Gasteiger partial charge on any atom is 0.330 e. The monoisotopic (exact) mass is 310 g/mol. The molecule has 0 amide bonds. The number of hydrogen-bond acceptors (Lipinski definition) is 4. The van der Waals surface area contributed by atoms with Crippen molar-refractivity contribution in [2.45, 2.75) is 27.2 Å². The minimum Gasteiger partial charge on any atom is -0.493 e. The van der Waals surface area contributed by atoms with Crippen molar-refractivity contribution < 1.29 is 19.1 Å². The van der Waals surface area contributed by atoms with E-state index in [9.17, 15) is 9.59 Å². The summed E-state index contributed by atoms with van der Waals surface area (Å²) in [4.78, 5) is 23.4. The molecule has 5 heteroatoms. The minimum absolute atomic E-state index is 0.338. The second-order valence-electron chi connectivity index (χ2n) is 4.57. The number of ketones is 1. The third kappa shape index (κ3) is 4.33. The molecule has 0 aliphatic rings. The summed E-state index contributed by atoms with van der Waals surface area (Å²) in [5.41, 5.74) is 1.80. The van der Waals surface area contributed by atoms with Crippen LogP contribution in [0.1, 0.15) is 34.8 Å². The second kappa shape index (κ2) is 7.84. The van der Waals surface area contributed by atoms with Gasteiger partial charge in [0.2, 0.25) is 0 Å². The molecule has 0 aliphatic carbocycles. The Labute approximate surface area is 129 Å². The van der Waals surface area contributed by atoms with Crippen molar-refractivity contribution in [3.05, 3.63) is 39.9 Å². The van der Waals surface area contributed by atoms with Crippen LogP contribution in [0.25, 0.3) is 0 Å². The molecule has 114 valence electrons. The van der Waals surface area contributed by atoms with Crippen LogP contribution in [0.3, 0.4) is 0 Å². The van der Waals surface area contributed by atoms with Crippen LogP contribution in [0, 0.1) is 13.8 Å². The lowest BCUT2D eigenvalue weighted by Crippen LogP contribution is -2.08. The molecule has 0 unspecified atom stereocenters. The van der Waals surface area contributed by atoms with Gasteiger partial charge in [-0.15, -0.1) is 0 Å². The van der Waals surface area contributed by atoms with E-state index in [4.69, 9.17) is 16.3 Å². The summed E-state index contributed by atoms with van der Waals surface area (Å²) in [5.74, 6) is -0.413. The van der Waals surface area contributed by atoms with Crippen LogP contribution < -0.4 is 4.74 Å². The Bertz CT molecular complexity index is 576. The van der Waals surface area contributed by atoms with E-state index in [-0.39, 0.29) is 5.78 Å². The molecule has 0 heterocycles. The van der Waals surface area contributed by atoms with Crippen molar-refractivity contribution in [1.29, 1.82) is 0 Å². The molecule has 4 nitrogen and oxygen atoms in total. The first-order valence-electron chi connectivity index (χ1n) is 6.65. The highest BCUT2D eigenvalue weighted by atomic mass is 35.5. The highest BCUT2D eigenvalue weighted by Gasteiger charge is 2.19. The number of carbonyl (C=O) groups is 2. The number of methoxy groups -OCH3 is 1. The largest absolute Gasteiger partial charge is 0.493 e. The SMILES string of the molecule is CCCOc1c(C)cc(Cl)c(C)c1C(=O)/C=C/C(=O)OC. The number of hydrogen-bond donors (Lipinski definition) is 0. The van der Waals surface area contributed by atoms with Crippen LogP contribution in [0.4, 0.5) is 0 Å². The van der Waals surface area contributed by atoms with E-state index in [1.807, 2.05) is 13.8 Å². The fraction of sp³-hybridized carbons (Fsp3) is 0.375. The fourth-order valence-electron chi connectivity index (χ4n) is 1.83. The molecule has 0 N–H and O–H groups in total. The van der Waals surface area contributed by atoms with Crippen molar-refractivity contribution in [2.24, 2.45) is 0 Å². The third-order valence-corrected chi connectivity index (χ3v) is 3.32. The molecule has 0 aromatic heterocycles. The summed E-state index contributed by atoms with van der Waals surface area (Å²) in [5, 5.41) is 0.492. The maximum absolute atomic E-state index is 12.3. The van der Waals surface area contributed by atoms with E-state index in [1.165, 1.54) is 13.2 Å². The molecule has 0 saturated carbocycles. The normalized spacial score (nSPS) is 10.7. The second-order valence-corrected chi connectivity index (χ2v) is 4.98. The molecule has 1 rings (SSSR count). The van der Waals surface area contributed by atoms with Gasteiger partial charge in [-0.3, -0.25) is 4.79 Å². The van der Waals surface area contributed by atoms with E-state index >= 15 is 0 Å². The van der Waals surface area contributed by atoms with E-state index < -0.39 is 5.97 Å². The van der Waals surface area contributed by atoms with Crippen LogP contribution in [0.2, 0.25) is 5.02 Å². The summed E-state index contributed by atoms with van der Waals surface area (Å²) in [6.45, 7) is 6.07. The Kier molecular flexibility index (Phi) is 6.43. The first-order valence-corrected chi connectivity index (χ1v) is 7.03. The highest BCUT2D eigenvalue weighted by Crippen LogP contribution is 2.33. The highest BCUT2D eigenvalue weighted by molar-refractivity contribution is 6.32. The van der Waals surface area contributed by atoms with Crippen molar-refractivity contribution in [3.63, 3.8) is 0 Å². The average Bonchev–Trinajstić information content (AvgIpc) is 2.46. The van der Waals surface area contributed by atoms with Gasteiger partial charge < -0.3 is 9.47 Å². The van der Waals surface area contributed by atoms with Crippen molar-refractivity contribution in [1.82, 2.24) is 0 Å². The zero-order valence-electron chi connectivity index (χ0n) is 12.7. The summed E-state index contributed by atoms with van der Waals surface area (Å²) in [7, 11) is 1.25. The fourth-order valence-corrected chi connectivity index (χ4v) is 2.09. The predicted molar refractivity (Wildman–Crippen MR) is 82.2 cm³/mol. The molecule has 0 spiro atoms. The average molecular weight is 311 g/mol. The smallest absolute Gasteiger partial charge is 0.330 e. The molecule has 0 radical (unpaired) electrons. The Morgan fingerprint density at radius 2 is 1.95 bits per heavy atom. The van der Waals surface area contributed by atoms with Gasteiger partial charge in [0.15, 0.2) is 5.78 Å². The van der Waals surface area contributed by atoms with Crippen molar-refractivity contribution >= 4 is 23.4 Å². The van der Waals surface area contributed by atoms with Gasteiger partial charge >= 0.3 is 5.97 Å². The lowest BCUT2D eigenvalue weighted by atomic mass is 9.99. The first kappa shape index (κ1) is 17.2. The maximum atomic E-state index is 12.3. The standard InChI is InChI=1S/C16H19ClO4/c1-5-8-21-16-10(2)9-12(17)11(3)15(16)13(18)6-7-14(19)20-4/h6-7,9H,5,8H2,1-4H3/b7-6+. The molecule has 1 aromatic rings. The van der Waals surface area contributed by atoms with Crippen LogP contribution in [0.15, 0.2) is 18.2 Å². The lowest BCUT2D eigenvalue weighted by molar-refractivity contribution is -0.134. The Morgan fingerprint density at radius 1 is 1.29 bits per heavy atom. The van der Waals surface area contributed by atoms with E-state index in [0.29, 0.717) is 28.5 Å². The van der Waals surface area contributed by atoms with Crippen LogP contribution >= 0.6 is 11.6 Å². The van der Waals surface area contributed by atoms with Crippen molar-refractivity contribution in [2.75, 3.05) is 13.7 Å². The summed E-state index contributed by atoms with van der Waals surface area (Å²) in [6, 6.07) is 1.77. The van der Waals surface area contributed by atoms with Gasteiger partial charge in [0.25, 0.3) is 0 Å². The van der Waals surface area contributed by atoms with Gasteiger partial charge in [-0.05, 0) is 43.5 Å². The molecule has 0 bridgehead atoms. The topological polar surface area (TPSA) is 52.6 Å². The zero-order valence-corrected chi connectivity index (χ0v) is 13.4. The number of halogens is 1. The van der Waals surface area contributed by atoms with E-state index in [0.717, 1.165) is 18.1 Å². The van der Waals surface area contributed by atoms with Crippen molar-refractivity contribution in [3.8, 4) is 5.75 Å². The Morgan fingerprint density at radius 3 is 2.52 bits per heavy atom.